The molecule has 0 unspecified atom stereocenters. The summed E-state index contributed by atoms with van der Waals surface area (Å²) >= 11 is 3.23. The Morgan fingerprint density at radius 2 is 2.17 bits per heavy atom. The van der Waals surface area contributed by atoms with Crippen LogP contribution in [0, 0.1) is 17.0 Å². The first-order chi connectivity index (χ1) is 8.56. The van der Waals surface area contributed by atoms with Crippen LogP contribution in [0.4, 0.5) is 5.82 Å². The van der Waals surface area contributed by atoms with Crippen LogP contribution in [0.5, 0.6) is 11.5 Å². The van der Waals surface area contributed by atoms with Crippen molar-refractivity contribution < 1.29 is 9.66 Å². The second-order valence-electron chi connectivity index (χ2n) is 3.43. The molecule has 0 bridgehead atoms. The molecule has 2 aromatic rings. The Bertz CT molecular complexity index is 604. The maximum absolute atomic E-state index is 10.6. The lowest BCUT2D eigenvalue weighted by Crippen LogP contribution is -1.96. The Balaban J connectivity index is 2.27. The lowest BCUT2D eigenvalue weighted by molar-refractivity contribution is -0.389. The first-order valence-corrected chi connectivity index (χ1v) is 5.77. The van der Waals surface area contributed by atoms with E-state index in [0.29, 0.717) is 21.8 Å². The zero-order valence-electron chi connectivity index (χ0n) is 9.33. The van der Waals surface area contributed by atoms with Gasteiger partial charge in [-0.15, -0.1) is 0 Å². The highest BCUT2D eigenvalue weighted by molar-refractivity contribution is 9.10. The Morgan fingerprint density at radius 1 is 1.39 bits per heavy atom. The molecule has 6 nitrogen and oxygen atoms in total. The molecule has 0 N–H and O–H groups in total. The van der Waals surface area contributed by atoms with Crippen molar-refractivity contribution >= 4 is 21.7 Å². The molecule has 0 fully saturated rings. The van der Waals surface area contributed by atoms with Crippen molar-refractivity contribution in [1.82, 2.24) is 9.97 Å². The van der Waals surface area contributed by atoms with Crippen molar-refractivity contribution in [2.45, 2.75) is 6.92 Å². The molecular formula is C11H8BrN3O3. The fourth-order valence-electron chi connectivity index (χ4n) is 1.32. The SMILES string of the molecule is Cc1nc([N+](=O)[O-])ccc1Oc1ccnc(Br)c1. The average molecular weight is 310 g/mol. The fraction of sp³-hybridized carbons (Fsp3) is 0.0909. The molecule has 2 aromatic heterocycles. The minimum absolute atomic E-state index is 0.198. The predicted octanol–water partition coefficient (Wildman–Crippen LogP) is 3.25. The minimum Gasteiger partial charge on any atom is -0.453 e. The number of nitrogens with zero attached hydrogens (tertiary/aromatic N) is 3. The van der Waals surface area contributed by atoms with E-state index in [0.717, 1.165) is 0 Å². The first kappa shape index (κ1) is 12.4. The van der Waals surface area contributed by atoms with Crippen molar-refractivity contribution in [2.24, 2.45) is 0 Å². The highest BCUT2D eigenvalue weighted by Crippen LogP contribution is 2.26. The van der Waals surface area contributed by atoms with Gasteiger partial charge >= 0.3 is 5.82 Å². The van der Waals surface area contributed by atoms with Gasteiger partial charge in [-0.1, -0.05) is 0 Å². The number of hydrogen-bond donors (Lipinski definition) is 0. The number of halogens is 1. The Labute approximate surface area is 111 Å². The molecule has 0 amide bonds. The third kappa shape index (κ3) is 2.80. The normalized spacial score (nSPS) is 10.1. The second-order valence-corrected chi connectivity index (χ2v) is 4.24. The van der Waals surface area contributed by atoms with E-state index in [4.69, 9.17) is 4.74 Å². The Kier molecular flexibility index (Phi) is 3.52. The van der Waals surface area contributed by atoms with Crippen molar-refractivity contribution in [3.05, 3.63) is 50.9 Å². The van der Waals surface area contributed by atoms with Crippen LogP contribution in [-0.4, -0.2) is 14.9 Å². The zero-order valence-corrected chi connectivity index (χ0v) is 10.9. The number of ether oxygens (including phenoxy) is 1. The van der Waals surface area contributed by atoms with Gasteiger partial charge in [-0.3, -0.25) is 0 Å². The van der Waals surface area contributed by atoms with Crippen LogP contribution in [0.1, 0.15) is 5.69 Å². The number of aryl methyl sites for hydroxylation is 1. The lowest BCUT2D eigenvalue weighted by atomic mass is 10.3. The summed E-state index contributed by atoms with van der Waals surface area (Å²) < 4.78 is 6.22. The topological polar surface area (TPSA) is 78.2 Å². The molecule has 18 heavy (non-hydrogen) atoms. The van der Waals surface area contributed by atoms with Crippen LogP contribution < -0.4 is 4.74 Å². The van der Waals surface area contributed by atoms with Gasteiger partial charge < -0.3 is 14.9 Å². The molecular weight excluding hydrogens is 302 g/mol. The maximum atomic E-state index is 10.6. The van der Waals surface area contributed by atoms with Crippen LogP contribution in [0.25, 0.3) is 0 Å². The monoisotopic (exact) mass is 309 g/mol. The standard InChI is InChI=1S/C11H8BrN3O3/c1-7-9(2-3-11(14-7)15(16)17)18-8-4-5-13-10(12)6-8/h2-6H,1H3. The molecule has 92 valence electrons. The minimum atomic E-state index is -0.542. The average Bonchev–Trinajstić information content (AvgIpc) is 2.31. The van der Waals surface area contributed by atoms with Crippen LogP contribution in [0.3, 0.4) is 0 Å². The van der Waals surface area contributed by atoms with Gasteiger partial charge in [0.1, 0.15) is 10.4 Å². The predicted molar refractivity (Wildman–Crippen MR) is 67.6 cm³/mol. The fourth-order valence-corrected chi connectivity index (χ4v) is 1.66. The number of aromatic nitrogens is 2. The largest absolute Gasteiger partial charge is 0.453 e. The van der Waals surface area contributed by atoms with Crippen molar-refractivity contribution in [2.75, 3.05) is 0 Å². The molecule has 0 saturated heterocycles. The van der Waals surface area contributed by atoms with E-state index in [9.17, 15) is 10.1 Å². The maximum Gasteiger partial charge on any atom is 0.363 e. The molecule has 0 spiro atoms. The highest BCUT2D eigenvalue weighted by Gasteiger charge is 2.13. The third-order valence-electron chi connectivity index (χ3n) is 2.14. The third-order valence-corrected chi connectivity index (χ3v) is 2.57. The van der Waals surface area contributed by atoms with Crippen molar-refractivity contribution in [1.29, 1.82) is 0 Å². The summed E-state index contributed by atoms with van der Waals surface area (Å²) in [7, 11) is 0. The number of hydrogen-bond acceptors (Lipinski definition) is 5. The number of nitro groups is 1. The summed E-state index contributed by atoms with van der Waals surface area (Å²) in [4.78, 5) is 17.8. The molecule has 0 aliphatic rings. The van der Waals surface area contributed by atoms with Gasteiger partial charge in [-0.25, -0.2) is 4.98 Å². The number of rotatable bonds is 3. The van der Waals surface area contributed by atoms with E-state index >= 15 is 0 Å². The zero-order chi connectivity index (χ0) is 13.1. The van der Waals surface area contributed by atoms with Crippen molar-refractivity contribution in [3.8, 4) is 11.5 Å². The summed E-state index contributed by atoms with van der Waals surface area (Å²) in [6, 6.07) is 6.21. The molecule has 7 heteroatoms. The highest BCUT2D eigenvalue weighted by atomic mass is 79.9. The van der Waals surface area contributed by atoms with E-state index in [1.807, 2.05) is 0 Å². The van der Waals surface area contributed by atoms with Gasteiger partial charge in [0.15, 0.2) is 11.4 Å². The molecule has 0 atom stereocenters. The quantitative estimate of drug-likeness (QED) is 0.494. The van der Waals surface area contributed by atoms with Gasteiger partial charge in [0, 0.05) is 25.3 Å². The Morgan fingerprint density at radius 3 is 2.78 bits per heavy atom. The summed E-state index contributed by atoms with van der Waals surface area (Å²) in [6.07, 6.45) is 1.59. The van der Waals surface area contributed by atoms with Crippen molar-refractivity contribution in [3.63, 3.8) is 0 Å². The van der Waals surface area contributed by atoms with E-state index < -0.39 is 4.92 Å². The summed E-state index contributed by atoms with van der Waals surface area (Å²) in [5.41, 5.74) is 0.456. The van der Waals surface area contributed by atoms with Gasteiger partial charge in [-0.2, -0.15) is 0 Å². The van der Waals surface area contributed by atoms with Gasteiger partial charge in [0.25, 0.3) is 0 Å². The molecule has 0 aliphatic heterocycles. The van der Waals surface area contributed by atoms with E-state index in [-0.39, 0.29) is 5.82 Å². The molecule has 0 aromatic carbocycles. The smallest absolute Gasteiger partial charge is 0.363 e. The summed E-state index contributed by atoms with van der Waals surface area (Å²) in [5, 5.41) is 10.6. The first-order valence-electron chi connectivity index (χ1n) is 4.98. The molecule has 2 heterocycles. The summed E-state index contributed by atoms with van der Waals surface area (Å²) in [6.45, 7) is 1.65. The molecule has 0 saturated carbocycles. The van der Waals surface area contributed by atoms with E-state index in [1.54, 1.807) is 25.3 Å². The van der Waals surface area contributed by atoms with Gasteiger partial charge in [-0.05, 0) is 38.0 Å². The lowest BCUT2D eigenvalue weighted by Gasteiger charge is -2.05. The number of pyridine rings is 2. The molecule has 0 radical (unpaired) electrons. The molecule has 0 aliphatic carbocycles. The van der Waals surface area contributed by atoms with Gasteiger partial charge in [0.2, 0.25) is 0 Å². The van der Waals surface area contributed by atoms with Crippen LogP contribution in [-0.2, 0) is 0 Å². The summed E-state index contributed by atoms with van der Waals surface area (Å²) in [5.74, 6) is 0.852. The van der Waals surface area contributed by atoms with Crippen LogP contribution >= 0.6 is 15.9 Å². The van der Waals surface area contributed by atoms with Crippen LogP contribution in [0.2, 0.25) is 0 Å². The second kappa shape index (κ2) is 5.09. The van der Waals surface area contributed by atoms with Crippen LogP contribution in [0.15, 0.2) is 35.1 Å². The Hall–Kier alpha value is -2.02. The molecule has 2 rings (SSSR count). The van der Waals surface area contributed by atoms with E-state index in [2.05, 4.69) is 25.9 Å². The van der Waals surface area contributed by atoms with Gasteiger partial charge in [0.05, 0.1) is 0 Å². The van der Waals surface area contributed by atoms with E-state index in [1.165, 1.54) is 12.1 Å².